The van der Waals surface area contributed by atoms with Crippen LogP contribution < -0.4 is 15.8 Å². The Hall–Kier alpha value is -2.12. The van der Waals surface area contributed by atoms with Crippen molar-refractivity contribution in [3.05, 3.63) is 29.3 Å². The molecular weight excluding hydrogens is 456 g/mol. The maximum absolute atomic E-state index is 12.3. The van der Waals surface area contributed by atoms with Gasteiger partial charge in [-0.1, -0.05) is 67.0 Å². The van der Waals surface area contributed by atoms with Gasteiger partial charge in [-0.05, 0) is 60.1 Å². The quantitative estimate of drug-likeness (QED) is 0.241. The van der Waals surface area contributed by atoms with E-state index in [9.17, 15) is 14.7 Å². The molecule has 1 rings (SSSR count). The van der Waals surface area contributed by atoms with Crippen LogP contribution in [0.3, 0.4) is 0 Å². The van der Waals surface area contributed by atoms with Crippen molar-refractivity contribution in [2.75, 3.05) is 20.3 Å². The van der Waals surface area contributed by atoms with Crippen LogP contribution in [0.15, 0.2) is 18.2 Å². The van der Waals surface area contributed by atoms with Crippen molar-refractivity contribution >= 4 is 11.9 Å². The highest BCUT2D eigenvalue weighted by Gasteiger charge is 2.27. The van der Waals surface area contributed by atoms with Gasteiger partial charge in [0.25, 0.3) is 0 Å². The van der Waals surface area contributed by atoms with Crippen LogP contribution in [0, 0.1) is 17.8 Å². The summed E-state index contributed by atoms with van der Waals surface area (Å²) in [5.74, 6) is 0.513. The Balaban J connectivity index is 2.90. The molecule has 0 heterocycles. The van der Waals surface area contributed by atoms with Crippen LogP contribution in [0.25, 0.3) is 0 Å². The van der Waals surface area contributed by atoms with Crippen molar-refractivity contribution in [1.82, 2.24) is 5.32 Å². The highest BCUT2D eigenvalue weighted by Crippen LogP contribution is 2.34. The summed E-state index contributed by atoms with van der Waals surface area (Å²) >= 11 is 0. The van der Waals surface area contributed by atoms with E-state index >= 15 is 0 Å². The van der Waals surface area contributed by atoms with Gasteiger partial charge in [0.15, 0.2) is 6.61 Å². The molecule has 1 unspecified atom stereocenters. The number of aliphatic hydroxyl groups excluding tert-OH is 1. The van der Waals surface area contributed by atoms with Crippen molar-refractivity contribution in [1.29, 1.82) is 0 Å². The molecule has 0 aliphatic heterocycles. The van der Waals surface area contributed by atoms with E-state index in [2.05, 4.69) is 59.0 Å². The topological polar surface area (TPSA) is 111 Å². The minimum atomic E-state index is -0.750. The normalized spacial score (nSPS) is 15.2. The van der Waals surface area contributed by atoms with Gasteiger partial charge in [-0.2, -0.15) is 0 Å². The molecule has 206 valence electrons. The summed E-state index contributed by atoms with van der Waals surface area (Å²) < 4.78 is 10.6. The number of hydrogen-bond acceptors (Lipinski definition) is 6. The lowest BCUT2D eigenvalue weighted by Crippen LogP contribution is -2.41. The van der Waals surface area contributed by atoms with Crippen molar-refractivity contribution in [3.8, 4) is 5.75 Å². The molecular formula is C29H50N2O5. The zero-order valence-corrected chi connectivity index (χ0v) is 23.7. The fourth-order valence-corrected chi connectivity index (χ4v) is 4.24. The maximum Gasteiger partial charge on any atom is 0.343 e. The number of carbonyl (C=O) groups is 2. The molecule has 36 heavy (non-hydrogen) atoms. The Morgan fingerprint density at radius 2 is 1.81 bits per heavy atom. The number of aliphatic hydroxyl groups is 1. The average Bonchev–Trinajstić information content (AvgIpc) is 2.81. The molecule has 1 aromatic carbocycles. The lowest BCUT2D eigenvalue weighted by atomic mass is 9.81. The fraction of sp³-hybridized carbons (Fsp3) is 0.724. The number of ether oxygens (including phenoxy) is 2. The Bertz CT molecular complexity index is 818. The molecule has 0 radical (unpaired) electrons. The molecule has 0 spiro atoms. The molecule has 0 bridgehead atoms. The summed E-state index contributed by atoms with van der Waals surface area (Å²) in [5.41, 5.74) is 8.40. The summed E-state index contributed by atoms with van der Waals surface area (Å²) in [5, 5.41) is 13.7. The smallest absolute Gasteiger partial charge is 0.343 e. The first-order valence-electron chi connectivity index (χ1n) is 13.3. The predicted molar refractivity (Wildman–Crippen MR) is 145 cm³/mol. The zero-order valence-electron chi connectivity index (χ0n) is 23.7. The highest BCUT2D eigenvalue weighted by atomic mass is 16.6. The van der Waals surface area contributed by atoms with Crippen LogP contribution in [0.5, 0.6) is 5.75 Å². The average molecular weight is 507 g/mol. The first kappa shape index (κ1) is 31.9. The van der Waals surface area contributed by atoms with Crippen molar-refractivity contribution in [3.63, 3.8) is 0 Å². The molecule has 4 atom stereocenters. The maximum atomic E-state index is 12.3. The van der Waals surface area contributed by atoms with Gasteiger partial charge >= 0.3 is 5.97 Å². The van der Waals surface area contributed by atoms with Gasteiger partial charge in [0.05, 0.1) is 13.2 Å². The number of carbonyl (C=O) groups excluding carboxylic acids is 2. The summed E-state index contributed by atoms with van der Waals surface area (Å²) in [4.78, 5) is 23.9. The largest absolute Gasteiger partial charge is 0.482 e. The standard InChI is InChI=1S/C29H50N2O5/c1-9-10-13-31-28(34)20(4)14-25(32)24(30)17-22(19(2)3)15-21-11-12-23(29(5,6)7)26(16-21)36-18-27(33)35-8/h11-12,16,19-20,22,24-25,32H,9-10,13-15,17-18,30H2,1-8H3,(H,31,34)/t20?,22-,24-,25-/m0/s1. The second-order valence-electron chi connectivity index (χ2n) is 11.4. The van der Waals surface area contributed by atoms with Crippen molar-refractivity contribution in [2.45, 2.75) is 98.1 Å². The van der Waals surface area contributed by atoms with Crippen molar-refractivity contribution < 1.29 is 24.2 Å². The van der Waals surface area contributed by atoms with E-state index in [0.29, 0.717) is 31.1 Å². The first-order chi connectivity index (χ1) is 16.8. The number of esters is 1. The molecule has 0 saturated carbocycles. The van der Waals surface area contributed by atoms with Gasteiger partial charge in [0.2, 0.25) is 5.91 Å². The van der Waals surface area contributed by atoms with Gasteiger partial charge < -0.3 is 25.6 Å². The van der Waals surface area contributed by atoms with Crippen LogP contribution in [0.2, 0.25) is 0 Å². The van der Waals surface area contributed by atoms with Gasteiger partial charge in [-0.3, -0.25) is 4.79 Å². The Morgan fingerprint density at radius 1 is 1.14 bits per heavy atom. The number of methoxy groups -OCH3 is 1. The molecule has 0 aliphatic carbocycles. The number of nitrogens with two attached hydrogens (primary N) is 1. The number of hydrogen-bond donors (Lipinski definition) is 3. The molecule has 7 heteroatoms. The van der Waals surface area contributed by atoms with Crippen LogP contribution in [-0.2, 0) is 26.2 Å². The monoisotopic (exact) mass is 506 g/mol. The first-order valence-corrected chi connectivity index (χ1v) is 13.3. The minimum absolute atomic E-state index is 0.0338. The van der Waals surface area contributed by atoms with E-state index in [1.807, 2.05) is 13.0 Å². The van der Waals surface area contributed by atoms with E-state index in [0.717, 1.165) is 30.4 Å². The zero-order chi connectivity index (χ0) is 27.5. The van der Waals surface area contributed by atoms with Crippen LogP contribution in [0.1, 0.15) is 85.3 Å². The predicted octanol–water partition coefficient (Wildman–Crippen LogP) is 4.37. The molecule has 1 aromatic rings. The molecule has 4 N–H and O–H groups in total. The lowest BCUT2D eigenvalue weighted by Gasteiger charge is -2.29. The van der Waals surface area contributed by atoms with Gasteiger partial charge in [-0.25, -0.2) is 4.79 Å². The van der Waals surface area contributed by atoms with Gasteiger partial charge in [0.1, 0.15) is 5.75 Å². The van der Waals surface area contributed by atoms with E-state index in [1.165, 1.54) is 7.11 Å². The number of benzene rings is 1. The number of rotatable bonds is 15. The van der Waals surface area contributed by atoms with E-state index in [-0.39, 0.29) is 29.8 Å². The Labute approximate surface area is 218 Å². The third-order valence-corrected chi connectivity index (χ3v) is 6.81. The minimum Gasteiger partial charge on any atom is -0.482 e. The molecule has 0 fully saturated rings. The van der Waals surface area contributed by atoms with E-state index in [1.54, 1.807) is 0 Å². The molecule has 0 aromatic heterocycles. The van der Waals surface area contributed by atoms with Crippen LogP contribution in [-0.4, -0.2) is 49.4 Å². The Morgan fingerprint density at radius 3 is 2.36 bits per heavy atom. The van der Waals surface area contributed by atoms with Gasteiger partial charge in [-0.15, -0.1) is 0 Å². The summed E-state index contributed by atoms with van der Waals surface area (Å²) in [6.45, 7) is 15.1. The molecule has 0 saturated heterocycles. The SMILES string of the molecule is CCCCNC(=O)C(C)C[C@H](O)[C@@H](N)C[C@H](Cc1ccc(C(C)(C)C)c(OCC(=O)OC)c1)C(C)C. The second-order valence-corrected chi connectivity index (χ2v) is 11.4. The van der Waals surface area contributed by atoms with Crippen molar-refractivity contribution in [2.24, 2.45) is 23.5 Å². The summed E-state index contributed by atoms with van der Waals surface area (Å²) in [6, 6.07) is 5.74. The van der Waals surface area contributed by atoms with E-state index < -0.39 is 18.1 Å². The molecule has 7 nitrogen and oxygen atoms in total. The fourth-order valence-electron chi connectivity index (χ4n) is 4.24. The molecule has 0 aliphatic rings. The van der Waals surface area contributed by atoms with Gasteiger partial charge in [0, 0.05) is 18.5 Å². The number of nitrogens with one attached hydrogen (secondary N) is 1. The lowest BCUT2D eigenvalue weighted by molar-refractivity contribution is -0.143. The van der Waals surface area contributed by atoms with Crippen LogP contribution >= 0.6 is 0 Å². The third-order valence-electron chi connectivity index (χ3n) is 6.81. The number of unbranched alkanes of at least 4 members (excludes halogenated alkanes) is 1. The second kappa shape index (κ2) is 15.2. The van der Waals surface area contributed by atoms with E-state index in [4.69, 9.17) is 15.2 Å². The number of amides is 1. The third kappa shape index (κ3) is 10.9. The highest BCUT2D eigenvalue weighted by molar-refractivity contribution is 5.78. The summed E-state index contributed by atoms with van der Waals surface area (Å²) in [7, 11) is 1.34. The Kier molecular flexibility index (Phi) is 13.5. The summed E-state index contributed by atoms with van der Waals surface area (Å²) in [6.07, 6.45) is 2.97. The molecule has 1 amide bonds. The van der Waals surface area contributed by atoms with Crippen LogP contribution in [0.4, 0.5) is 0 Å².